The van der Waals surface area contributed by atoms with Gasteiger partial charge in [0.1, 0.15) is 0 Å². The Balaban J connectivity index is 1.22. The fraction of sp³-hybridized carbons (Fsp3) is 0.913. The lowest BCUT2D eigenvalue weighted by Crippen LogP contribution is -2.52. The van der Waals surface area contributed by atoms with Crippen LogP contribution in [0.4, 0.5) is 0 Å². The van der Waals surface area contributed by atoms with Gasteiger partial charge in [-0.1, -0.05) is 0 Å². The van der Waals surface area contributed by atoms with Crippen LogP contribution in [0, 0.1) is 34.5 Å². The quantitative estimate of drug-likeness (QED) is 0.391. The molecule has 3 bridgehead atoms. The van der Waals surface area contributed by atoms with E-state index in [9.17, 15) is 9.59 Å². The van der Waals surface area contributed by atoms with Crippen molar-refractivity contribution >= 4 is 11.9 Å². The van der Waals surface area contributed by atoms with Gasteiger partial charge in [0.05, 0.1) is 13.2 Å². The molecule has 166 valence electrons. The molecule has 1 heterocycles. The van der Waals surface area contributed by atoms with Crippen LogP contribution in [0.2, 0.25) is 0 Å². The van der Waals surface area contributed by atoms with E-state index in [-0.39, 0.29) is 26.1 Å². The lowest BCUT2D eigenvalue weighted by molar-refractivity contribution is -0.375. The minimum atomic E-state index is -1.27. The van der Waals surface area contributed by atoms with E-state index in [0.29, 0.717) is 30.1 Å². The number of carbonyl (C=O) groups excluding carboxylic acids is 2. The van der Waals surface area contributed by atoms with Gasteiger partial charge in [0.15, 0.2) is 5.41 Å². The average molecular weight is 421 g/mol. The molecular weight excluding hydrogens is 388 g/mol. The van der Waals surface area contributed by atoms with Gasteiger partial charge in [0, 0.05) is 24.7 Å². The summed E-state index contributed by atoms with van der Waals surface area (Å²) in [4.78, 5) is 37.6. The molecule has 0 radical (unpaired) electrons. The maximum atomic E-state index is 12.7. The normalized spacial score (nSPS) is 46.1. The first-order valence-electron chi connectivity index (χ1n) is 11.8. The third-order valence-corrected chi connectivity index (χ3v) is 9.59. The predicted octanol–water partition coefficient (Wildman–Crippen LogP) is 3.50. The van der Waals surface area contributed by atoms with Gasteiger partial charge >= 0.3 is 11.9 Å². The molecule has 1 saturated heterocycles. The Labute approximate surface area is 177 Å². The van der Waals surface area contributed by atoms with Crippen LogP contribution in [0.15, 0.2) is 0 Å². The molecule has 7 heteroatoms. The number of hydrogen-bond donors (Lipinski definition) is 0. The second-order valence-electron chi connectivity index (χ2n) is 10.6. The summed E-state index contributed by atoms with van der Waals surface area (Å²) in [6.07, 6.45) is 7.57. The molecule has 5 aliphatic carbocycles. The summed E-state index contributed by atoms with van der Waals surface area (Å²) in [5.74, 6) is -0.0365. The summed E-state index contributed by atoms with van der Waals surface area (Å²) in [5, 5.41) is 0. The lowest BCUT2D eigenvalue weighted by atomic mass is 9.56. The number of ether oxygens (including phenoxy) is 3. The minimum absolute atomic E-state index is 0.234. The molecule has 6 rings (SSSR count). The molecule has 6 aliphatic rings. The van der Waals surface area contributed by atoms with Crippen LogP contribution in [0.3, 0.4) is 0 Å². The van der Waals surface area contributed by atoms with E-state index in [1.165, 1.54) is 32.1 Å². The maximum absolute atomic E-state index is 12.7. The molecule has 3 spiro atoms. The summed E-state index contributed by atoms with van der Waals surface area (Å²) >= 11 is 0. The monoisotopic (exact) mass is 420 g/mol. The summed E-state index contributed by atoms with van der Waals surface area (Å²) in [6.45, 7) is 3.97. The van der Waals surface area contributed by atoms with Crippen molar-refractivity contribution in [1.82, 2.24) is 0 Å². The number of fused-ring (bicyclic) bond motifs is 4. The summed E-state index contributed by atoms with van der Waals surface area (Å²) < 4.78 is 17.3. The standard InChI is InChI=1S/C23H32O7/c1-3-26-18(24)20(19(25)27-4-2)5-7-22(8-6-20)28-23(30-29-22)16-10-14-9-15-11-17(23)13-21(14,15)12-16/h14-17H,3-13H2,1-2H3. The van der Waals surface area contributed by atoms with E-state index in [2.05, 4.69) is 0 Å². The van der Waals surface area contributed by atoms with Crippen LogP contribution >= 0.6 is 0 Å². The van der Waals surface area contributed by atoms with Crippen LogP contribution in [-0.4, -0.2) is 36.7 Å². The first kappa shape index (κ1) is 19.5. The summed E-state index contributed by atoms with van der Waals surface area (Å²) in [6, 6.07) is 0. The van der Waals surface area contributed by atoms with Crippen molar-refractivity contribution < 1.29 is 33.6 Å². The van der Waals surface area contributed by atoms with Crippen LogP contribution in [0.1, 0.15) is 71.6 Å². The van der Waals surface area contributed by atoms with E-state index in [1.54, 1.807) is 13.8 Å². The molecule has 0 aromatic heterocycles. The third kappa shape index (κ3) is 2.22. The van der Waals surface area contributed by atoms with Crippen molar-refractivity contribution in [3.05, 3.63) is 0 Å². The highest BCUT2D eigenvalue weighted by Crippen LogP contribution is 2.79. The number of carbonyl (C=O) groups is 2. The molecule has 30 heavy (non-hydrogen) atoms. The van der Waals surface area contributed by atoms with Gasteiger partial charge in [-0.15, -0.1) is 0 Å². The van der Waals surface area contributed by atoms with E-state index >= 15 is 0 Å². The van der Waals surface area contributed by atoms with Gasteiger partial charge in [-0.25, -0.2) is 0 Å². The van der Waals surface area contributed by atoms with Crippen molar-refractivity contribution in [2.45, 2.75) is 83.2 Å². The van der Waals surface area contributed by atoms with E-state index < -0.39 is 28.9 Å². The number of rotatable bonds is 4. The molecule has 0 aromatic carbocycles. The minimum Gasteiger partial charge on any atom is -0.465 e. The molecule has 0 N–H and O–H groups in total. The largest absolute Gasteiger partial charge is 0.465 e. The van der Waals surface area contributed by atoms with Gasteiger partial charge in [-0.3, -0.25) is 9.59 Å². The molecule has 0 aromatic rings. The molecule has 1 aliphatic heterocycles. The lowest BCUT2D eigenvalue weighted by Gasteiger charge is -2.49. The van der Waals surface area contributed by atoms with E-state index in [0.717, 1.165) is 11.8 Å². The van der Waals surface area contributed by atoms with Crippen LogP contribution in [-0.2, 0) is 33.6 Å². The highest BCUT2D eigenvalue weighted by molar-refractivity contribution is 6.00. The zero-order valence-electron chi connectivity index (χ0n) is 17.9. The first-order valence-corrected chi connectivity index (χ1v) is 11.8. The fourth-order valence-corrected chi connectivity index (χ4v) is 8.16. The molecule has 5 saturated carbocycles. The van der Waals surface area contributed by atoms with Gasteiger partial charge in [-0.05, 0) is 76.0 Å². The van der Waals surface area contributed by atoms with Crippen molar-refractivity contribution in [2.24, 2.45) is 34.5 Å². The second kappa shape index (κ2) is 6.20. The van der Waals surface area contributed by atoms with Crippen molar-refractivity contribution in [3.8, 4) is 0 Å². The van der Waals surface area contributed by atoms with Crippen LogP contribution in [0.25, 0.3) is 0 Å². The maximum Gasteiger partial charge on any atom is 0.323 e. The predicted molar refractivity (Wildman–Crippen MR) is 102 cm³/mol. The van der Waals surface area contributed by atoms with E-state index in [1.807, 2.05) is 0 Å². The Kier molecular flexibility index (Phi) is 4.03. The van der Waals surface area contributed by atoms with Gasteiger partial charge in [0.25, 0.3) is 0 Å². The van der Waals surface area contributed by atoms with Crippen LogP contribution < -0.4 is 0 Å². The fourth-order valence-electron chi connectivity index (χ4n) is 8.16. The van der Waals surface area contributed by atoms with E-state index in [4.69, 9.17) is 24.0 Å². The highest BCUT2D eigenvalue weighted by Gasteiger charge is 2.77. The molecule has 7 nitrogen and oxygen atoms in total. The molecular formula is C23H32O7. The Morgan fingerprint density at radius 1 is 0.800 bits per heavy atom. The zero-order valence-corrected chi connectivity index (χ0v) is 17.9. The summed E-state index contributed by atoms with van der Waals surface area (Å²) in [5.41, 5.74) is -0.706. The van der Waals surface area contributed by atoms with Crippen molar-refractivity contribution in [2.75, 3.05) is 13.2 Å². The number of esters is 2. The van der Waals surface area contributed by atoms with Gasteiger partial charge in [0.2, 0.25) is 11.6 Å². The Morgan fingerprint density at radius 3 is 1.87 bits per heavy atom. The third-order valence-electron chi connectivity index (χ3n) is 9.59. The summed E-state index contributed by atoms with van der Waals surface area (Å²) in [7, 11) is 0. The molecule has 0 amide bonds. The van der Waals surface area contributed by atoms with Gasteiger partial charge < -0.3 is 14.2 Å². The molecule has 4 atom stereocenters. The topological polar surface area (TPSA) is 80.3 Å². The number of hydrogen-bond acceptors (Lipinski definition) is 7. The zero-order chi connectivity index (χ0) is 20.8. The SMILES string of the molecule is CCOC(=O)C1(C(=O)OCC)CCC2(CC1)OOC1(O2)C2CC3CC4CC1CC34C2. The van der Waals surface area contributed by atoms with Crippen LogP contribution in [0.5, 0.6) is 0 Å². The smallest absolute Gasteiger partial charge is 0.323 e. The molecule has 4 unspecified atom stereocenters. The van der Waals surface area contributed by atoms with Gasteiger partial charge in [-0.2, -0.15) is 9.78 Å². The average Bonchev–Trinajstić information content (AvgIpc) is 3.31. The Morgan fingerprint density at radius 2 is 1.33 bits per heavy atom. The van der Waals surface area contributed by atoms with Crippen molar-refractivity contribution in [3.63, 3.8) is 0 Å². The Bertz CT molecular complexity index is 724. The second-order valence-corrected chi connectivity index (χ2v) is 10.6. The first-order chi connectivity index (χ1) is 14.4. The molecule has 6 fully saturated rings. The Hall–Kier alpha value is -1.18. The van der Waals surface area contributed by atoms with Crippen molar-refractivity contribution in [1.29, 1.82) is 0 Å². The highest BCUT2D eigenvalue weighted by atomic mass is 17.3.